The lowest BCUT2D eigenvalue weighted by molar-refractivity contribution is -0.684. The molecule has 1 amide bonds. The van der Waals surface area contributed by atoms with Gasteiger partial charge in [-0.25, -0.2) is 0 Å². The molecule has 0 N–H and O–H groups in total. The summed E-state index contributed by atoms with van der Waals surface area (Å²) in [5.41, 5.74) is 0.944. The van der Waals surface area contributed by atoms with Crippen LogP contribution in [0.4, 0.5) is 5.69 Å². The molecular weight excluding hydrogens is 236 g/mol. The molecule has 0 bridgehead atoms. The molecule has 1 heterocycles. The molecule has 2 aromatic rings. The standard InChI is InChI=1S/C16H19N2O/c1-14(2)18(15-9-5-3-6-10-15)16(19)13-17-11-7-4-8-12-17/h3-12,14H,13H2,1-2H3/q+1. The first kappa shape index (κ1) is 13.3. The molecule has 3 nitrogen and oxygen atoms in total. The van der Waals surface area contributed by atoms with Crippen LogP contribution in [0.25, 0.3) is 0 Å². The topological polar surface area (TPSA) is 24.2 Å². The van der Waals surface area contributed by atoms with Crippen molar-refractivity contribution in [1.29, 1.82) is 0 Å². The number of hydrogen-bond acceptors (Lipinski definition) is 1. The molecule has 0 saturated heterocycles. The number of nitrogens with zero attached hydrogens (tertiary/aromatic N) is 2. The summed E-state index contributed by atoms with van der Waals surface area (Å²) in [7, 11) is 0. The van der Waals surface area contributed by atoms with Gasteiger partial charge >= 0.3 is 0 Å². The molecule has 19 heavy (non-hydrogen) atoms. The zero-order chi connectivity index (χ0) is 13.7. The minimum atomic E-state index is 0.0948. The Labute approximate surface area is 114 Å². The molecule has 0 saturated carbocycles. The smallest absolute Gasteiger partial charge is 0.293 e. The van der Waals surface area contributed by atoms with Crippen LogP contribution in [0, 0.1) is 0 Å². The van der Waals surface area contributed by atoms with Gasteiger partial charge in [-0.3, -0.25) is 4.79 Å². The fourth-order valence-electron chi connectivity index (χ4n) is 2.09. The van der Waals surface area contributed by atoms with Crippen molar-refractivity contribution < 1.29 is 9.36 Å². The van der Waals surface area contributed by atoms with Gasteiger partial charge in [0.05, 0.1) is 0 Å². The summed E-state index contributed by atoms with van der Waals surface area (Å²) in [4.78, 5) is 14.3. The lowest BCUT2D eigenvalue weighted by Crippen LogP contribution is -2.47. The van der Waals surface area contributed by atoms with E-state index in [0.717, 1.165) is 5.69 Å². The summed E-state index contributed by atoms with van der Waals surface area (Å²) in [6.45, 7) is 4.41. The number of pyridine rings is 1. The van der Waals surface area contributed by atoms with Crippen LogP contribution in [0.3, 0.4) is 0 Å². The SMILES string of the molecule is CC(C)N(C(=O)C[n+]1ccccc1)c1ccccc1. The Balaban J connectivity index is 2.19. The van der Waals surface area contributed by atoms with Gasteiger partial charge in [0.25, 0.3) is 5.91 Å². The van der Waals surface area contributed by atoms with E-state index < -0.39 is 0 Å². The van der Waals surface area contributed by atoms with E-state index in [-0.39, 0.29) is 11.9 Å². The largest absolute Gasteiger partial charge is 0.304 e. The lowest BCUT2D eigenvalue weighted by Gasteiger charge is -2.25. The highest BCUT2D eigenvalue weighted by molar-refractivity contribution is 5.92. The number of rotatable bonds is 4. The molecule has 98 valence electrons. The third kappa shape index (κ3) is 3.41. The van der Waals surface area contributed by atoms with E-state index in [4.69, 9.17) is 0 Å². The van der Waals surface area contributed by atoms with Gasteiger partial charge in [-0.2, -0.15) is 4.57 Å². The summed E-state index contributed by atoms with van der Waals surface area (Å²) in [5.74, 6) is 0.0948. The maximum Gasteiger partial charge on any atom is 0.293 e. The third-order valence-corrected chi connectivity index (χ3v) is 2.91. The van der Waals surface area contributed by atoms with E-state index >= 15 is 0 Å². The van der Waals surface area contributed by atoms with Crippen LogP contribution in [0.15, 0.2) is 60.9 Å². The first-order valence-electron chi connectivity index (χ1n) is 6.49. The summed E-state index contributed by atoms with van der Waals surface area (Å²) in [6, 6.07) is 15.7. The van der Waals surface area contributed by atoms with Crippen LogP contribution in [-0.2, 0) is 11.3 Å². The minimum Gasteiger partial charge on any atom is -0.304 e. The minimum absolute atomic E-state index is 0.0948. The monoisotopic (exact) mass is 255 g/mol. The summed E-state index contributed by atoms with van der Waals surface area (Å²) in [5, 5.41) is 0. The van der Waals surface area contributed by atoms with Crippen LogP contribution in [0.1, 0.15) is 13.8 Å². The average molecular weight is 255 g/mol. The van der Waals surface area contributed by atoms with Gasteiger partial charge in [-0.05, 0) is 26.0 Å². The van der Waals surface area contributed by atoms with Crippen LogP contribution < -0.4 is 9.47 Å². The van der Waals surface area contributed by atoms with E-state index in [0.29, 0.717) is 6.54 Å². The molecule has 0 aliphatic carbocycles. The molecule has 0 fully saturated rings. The normalized spacial score (nSPS) is 10.5. The van der Waals surface area contributed by atoms with Crippen molar-refractivity contribution in [2.75, 3.05) is 4.90 Å². The van der Waals surface area contributed by atoms with Crippen LogP contribution in [-0.4, -0.2) is 11.9 Å². The van der Waals surface area contributed by atoms with Crippen LogP contribution >= 0.6 is 0 Å². The van der Waals surface area contributed by atoms with Gasteiger partial charge in [-0.1, -0.05) is 24.3 Å². The van der Waals surface area contributed by atoms with Crippen molar-refractivity contribution in [2.45, 2.75) is 26.4 Å². The second-order valence-electron chi connectivity index (χ2n) is 4.74. The highest BCUT2D eigenvalue weighted by Crippen LogP contribution is 2.16. The van der Waals surface area contributed by atoms with E-state index in [1.807, 2.05) is 84.2 Å². The van der Waals surface area contributed by atoms with Gasteiger partial charge in [0.15, 0.2) is 12.4 Å². The van der Waals surface area contributed by atoms with Gasteiger partial charge < -0.3 is 4.90 Å². The van der Waals surface area contributed by atoms with Crippen molar-refractivity contribution in [3.05, 3.63) is 60.9 Å². The highest BCUT2D eigenvalue weighted by atomic mass is 16.2. The van der Waals surface area contributed by atoms with Gasteiger partial charge in [0.1, 0.15) is 0 Å². The number of benzene rings is 1. The number of carbonyl (C=O) groups excluding carboxylic acids is 1. The molecule has 0 spiro atoms. The fourth-order valence-corrected chi connectivity index (χ4v) is 2.09. The van der Waals surface area contributed by atoms with E-state index in [2.05, 4.69) is 0 Å². The average Bonchev–Trinajstić information content (AvgIpc) is 2.40. The highest BCUT2D eigenvalue weighted by Gasteiger charge is 2.21. The Morgan fingerprint density at radius 1 is 1.05 bits per heavy atom. The van der Waals surface area contributed by atoms with Crippen molar-refractivity contribution in [3.8, 4) is 0 Å². The zero-order valence-electron chi connectivity index (χ0n) is 11.4. The second kappa shape index (κ2) is 6.14. The molecule has 3 heteroatoms. The van der Waals surface area contributed by atoms with E-state index in [1.54, 1.807) is 0 Å². The zero-order valence-corrected chi connectivity index (χ0v) is 11.4. The number of anilines is 1. The summed E-state index contributed by atoms with van der Waals surface area (Å²) in [6.07, 6.45) is 3.81. The van der Waals surface area contributed by atoms with Crippen molar-refractivity contribution in [3.63, 3.8) is 0 Å². The Kier molecular flexibility index (Phi) is 4.29. The van der Waals surface area contributed by atoms with Crippen molar-refractivity contribution in [2.24, 2.45) is 0 Å². The molecule has 0 atom stereocenters. The molecule has 2 rings (SSSR count). The Hall–Kier alpha value is -2.16. The van der Waals surface area contributed by atoms with Crippen molar-refractivity contribution >= 4 is 11.6 Å². The van der Waals surface area contributed by atoms with Crippen LogP contribution in [0.2, 0.25) is 0 Å². The molecule has 1 aromatic carbocycles. The summed E-state index contributed by atoms with van der Waals surface area (Å²) >= 11 is 0. The molecule has 0 radical (unpaired) electrons. The maximum absolute atomic E-state index is 12.5. The Bertz CT molecular complexity index is 523. The predicted octanol–water partition coefficient (Wildman–Crippen LogP) is 2.42. The molecule has 0 aliphatic rings. The quantitative estimate of drug-likeness (QED) is 0.770. The third-order valence-electron chi connectivity index (χ3n) is 2.91. The number of carbonyl (C=O) groups is 1. The molecule has 0 unspecified atom stereocenters. The maximum atomic E-state index is 12.5. The van der Waals surface area contributed by atoms with Gasteiger partial charge in [0, 0.05) is 23.9 Å². The first-order chi connectivity index (χ1) is 9.18. The van der Waals surface area contributed by atoms with Crippen LogP contribution in [0.5, 0.6) is 0 Å². The summed E-state index contributed by atoms with van der Waals surface area (Å²) < 4.78 is 1.89. The number of amides is 1. The molecule has 0 aliphatic heterocycles. The second-order valence-corrected chi connectivity index (χ2v) is 4.74. The number of para-hydroxylation sites is 1. The fraction of sp³-hybridized carbons (Fsp3) is 0.250. The van der Waals surface area contributed by atoms with Crippen molar-refractivity contribution in [1.82, 2.24) is 0 Å². The predicted molar refractivity (Wildman–Crippen MR) is 75.7 cm³/mol. The molecule has 1 aromatic heterocycles. The molecular formula is C16H19N2O+. The number of hydrogen-bond donors (Lipinski definition) is 0. The van der Waals surface area contributed by atoms with E-state index in [9.17, 15) is 4.79 Å². The van der Waals surface area contributed by atoms with E-state index in [1.165, 1.54) is 0 Å². The van der Waals surface area contributed by atoms with Gasteiger partial charge in [-0.15, -0.1) is 0 Å². The van der Waals surface area contributed by atoms with Gasteiger partial charge in [0.2, 0.25) is 6.54 Å². The Morgan fingerprint density at radius 2 is 1.63 bits per heavy atom. The number of aromatic nitrogens is 1. The Morgan fingerprint density at radius 3 is 2.21 bits per heavy atom. The first-order valence-corrected chi connectivity index (χ1v) is 6.49. The lowest BCUT2D eigenvalue weighted by atomic mass is 10.2.